The standard InChI is InChI=1S/C7H16OSi/c1-4-6-9(5-2)7-8-3/h4,9H,1,5-7H2,2-3H3. The van der Waals surface area contributed by atoms with Gasteiger partial charge in [-0.15, -0.1) is 6.58 Å². The molecule has 54 valence electrons. The van der Waals surface area contributed by atoms with Crippen LogP contribution < -0.4 is 0 Å². The zero-order valence-electron chi connectivity index (χ0n) is 6.39. The molecule has 0 spiro atoms. The quantitative estimate of drug-likeness (QED) is 0.421. The highest BCUT2D eigenvalue weighted by atomic mass is 28.3. The van der Waals surface area contributed by atoms with Crippen LogP contribution in [0.5, 0.6) is 0 Å². The molecule has 0 saturated heterocycles. The van der Waals surface area contributed by atoms with Gasteiger partial charge in [-0.3, -0.25) is 0 Å². The van der Waals surface area contributed by atoms with Crippen molar-refractivity contribution in [2.75, 3.05) is 13.3 Å². The molecule has 0 N–H and O–H groups in total. The summed E-state index contributed by atoms with van der Waals surface area (Å²) in [5.74, 6) is 0. The lowest BCUT2D eigenvalue weighted by Crippen LogP contribution is -2.17. The highest BCUT2D eigenvalue weighted by molar-refractivity contribution is 6.59. The predicted octanol–water partition coefficient (Wildman–Crippen LogP) is 1.60. The first-order valence-electron chi connectivity index (χ1n) is 3.45. The van der Waals surface area contributed by atoms with Crippen LogP contribution in [0, 0.1) is 0 Å². The topological polar surface area (TPSA) is 9.23 Å². The summed E-state index contributed by atoms with van der Waals surface area (Å²) in [7, 11) is 1.22. The monoisotopic (exact) mass is 144 g/mol. The molecular formula is C7H16OSi. The van der Waals surface area contributed by atoms with Gasteiger partial charge in [0.15, 0.2) is 0 Å². The summed E-state index contributed by atoms with van der Waals surface area (Å²) >= 11 is 0. The van der Waals surface area contributed by atoms with Crippen molar-refractivity contribution in [2.45, 2.75) is 19.0 Å². The van der Waals surface area contributed by atoms with E-state index in [1.807, 2.05) is 6.08 Å². The molecule has 0 bridgehead atoms. The molecule has 0 aliphatic heterocycles. The van der Waals surface area contributed by atoms with Crippen LogP contribution in [0.1, 0.15) is 6.92 Å². The van der Waals surface area contributed by atoms with Crippen LogP contribution in [0.25, 0.3) is 0 Å². The summed E-state index contributed by atoms with van der Waals surface area (Å²) in [6.07, 6.45) is 3.02. The van der Waals surface area contributed by atoms with E-state index >= 15 is 0 Å². The second-order valence-electron chi connectivity index (χ2n) is 2.25. The fourth-order valence-corrected chi connectivity index (χ4v) is 2.47. The van der Waals surface area contributed by atoms with Crippen molar-refractivity contribution in [2.24, 2.45) is 0 Å². The SMILES string of the molecule is C=CC[SiH](CC)COC. The van der Waals surface area contributed by atoms with Crippen LogP contribution in [0.2, 0.25) is 12.1 Å². The first kappa shape index (κ1) is 8.92. The summed E-state index contributed by atoms with van der Waals surface area (Å²) in [6.45, 7) is 5.95. The van der Waals surface area contributed by atoms with E-state index < -0.39 is 8.80 Å². The molecule has 0 aromatic carbocycles. The van der Waals surface area contributed by atoms with Gasteiger partial charge in [-0.05, 0) is 6.04 Å². The average Bonchev–Trinajstić information content (AvgIpc) is 1.88. The Hall–Kier alpha value is -0.0831. The van der Waals surface area contributed by atoms with Crippen LogP contribution in [0.4, 0.5) is 0 Å². The van der Waals surface area contributed by atoms with Crippen molar-refractivity contribution in [3.63, 3.8) is 0 Å². The van der Waals surface area contributed by atoms with Gasteiger partial charge in [0.25, 0.3) is 0 Å². The number of allylic oxidation sites excluding steroid dienone is 1. The van der Waals surface area contributed by atoms with E-state index in [9.17, 15) is 0 Å². The summed E-state index contributed by atoms with van der Waals surface area (Å²) in [4.78, 5) is 0. The Balaban J connectivity index is 3.28. The molecule has 1 unspecified atom stereocenters. The van der Waals surface area contributed by atoms with Crippen LogP contribution >= 0.6 is 0 Å². The molecule has 0 amide bonds. The second kappa shape index (κ2) is 6.04. The van der Waals surface area contributed by atoms with E-state index in [-0.39, 0.29) is 0 Å². The molecule has 0 aliphatic rings. The molecule has 0 rings (SSSR count). The molecule has 0 aliphatic carbocycles. The van der Waals surface area contributed by atoms with Gasteiger partial charge in [0.05, 0.1) is 8.80 Å². The Morgan fingerprint density at radius 3 is 2.67 bits per heavy atom. The Bertz CT molecular complexity index is 73.3. The third-order valence-corrected chi connectivity index (χ3v) is 4.44. The lowest BCUT2D eigenvalue weighted by atomic mass is 10.8. The van der Waals surface area contributed by atoms with Gasteiger partial charge in [-0.1, -0.05) is 19.0 Å². The molecule has 9 heavy (non-hydrogen) atoms. The lowest BCUT2D eigenvalue weighted by Gasteiger charge is -2.07. The smallest absolute Gasteiger partial charge is 0.0711 e. The van der Waals surface area contributed by atoms with Crippen molar-refractivity contribution in [1.29, 1.82) is 0 Å². The number of hydrogen-bond donors (Lipinski definition) is 0. The Morgan fingerprint density at radius 1 is 1.67 bits per heavy atom. The largest absolute Gasteiger partial charge is 0.388 e. The Kier molecular flexibility index (Phi) is 5.99. The Morgan fingerprint density at radius 2 is 2.33 bits per heavy atom. The van der Waals surface area contributed by atoms with Gasteiger partial charge in [0, 0.05) is 13.3 Å². The number of ether oxygens (including phenoxy) is 1. The maximum Gasteiger partial charge on any atom is 0.0711 e. The van der Waals surface area contributed by atoms with Gasteiger partial charge in [-0.2, -0.15) is 0 Å². The van der Waals surface area contributed by atoms with E-state index in [0.29, 0.717) is 0 Å². The number of rotatable bonds is 5. The third kappa shape index (κ3) is 4.42. The normalized spacial score (nSPS) is 13.1. The van der Waals surface area contributed by atoms with Crippen molar-refractivity contribution < 1.29 is 4.74 Å². The van der Waals surface area contributed by atoms with E-state index in [0.717, 1.165) is 6.23 Å². The molecule has 0 aromatic rings. The molecule has 0 fully saturated rings. The molecule has 1 atom stereocenters. The van der Waals surface area contributed by atoms with Gasteiger partial charge in [0.1, 0.15) is 0 Å². The van der Waals surface area contributed by atoms with Crippen molar-refractivity contribution in [3.8, 4) is 0 Å². The van der Waals surface area contributed by atoms with E-state index in [2.05, 4.69) is 13.5 Å². The number of hydrogen-bond acceptors (Lipinski definition) is 1. The average molecular weight is 144 g/mol. The molecule has 1 nitrogen and oxygen atoms in total. The summed E-state index contributed by atoms with van der Waals surface area (Å²) < 4.78 is 5.06. The predicted molar refractivity (Wildman–Crippen MR) is 44.5 cm³/mol. The highest BCUT2D eigenvalue weighted by Crippen LogP contribution is 1.98. The first-order valence-corrected chi connectivity index (χ1v) is 5.89. The van der Waals surface area contributed by atoms with Crippen molar-refractivity contribution in [1.82, 2.24) is 0 Å². The summed E-state index contributed by atoms with van der Waals surface area (Å²) in [6, 6.07) is 2.53. The molecule has 2 heteroatoms. The van der Waals surface area contributed by atoms with Crippen LogP contribution in [0.3, 0.4) is 0 Å². The highest BCUT2D eigenvalue weighted by Gasteiger charge is 2.03. The van der Waals surface area contributed by atoms with Crippen LogP contribution in [-0.2, 0) is 4.74 Å². The molecule has 0 radical (unpaired) electrons. The number of methoxy groups -OCH3 is 1. The minimum Gasteiger partial charge on any atom is -0.388 e. The van der Waals surface area contributed by atoms with Gasteiger partial charge < -0.3 is 4.74 Å². The van der Waals surface area contributed by atoms with Gasteiger partial charge in [-0.25, -0.2) is 0 Å². The molecular weight excluding hydrogens is 128 g/mol. The lowest BCUT2D eigenvalue weighted by molar-refractivity contribution is 0.248. The zero-order valence-corrected chi connectivity index (χ0v) is 7.55. The minimum atomic E-state index is -0.553. The van der Waals surface area contributed by atoms with Crippen LogP contribution in [0.15, 0.2) is 12.7 Å². The zero-order chi connectivity index (χ0) is 7.11. The third-order valence-electron chi connectivity index (χ3n) is 1.48. The maximum atomic E-state index is 5.06. The van der Waals surface area contributed by atoms with Crippen molar-refractivity contribution >= 4 is 8.80 Å². The van der Waals surface area contributed by atoms with Crippen molar-refractivity contribution in [3.05, 3.63) is 12.7 Å². The van der Waals surface area contributed by atoms with E-state index in [1.165, 1.54) is 12.1 Å². The van der Waals surface area contributed by atoms with Crippen LogP contribution in [-0.4, -0.2) is 22.1 Å². The maximum absolute atomic E-state index is 5.06. The van der Waals surface area contributed by atoms with E-state index in [4.69, 9.17) is 4.74 Å². The Labute approximate surface area is 59.3 Å². The molecule has 0 aromatic heterocycles. The summed E-state index contributed by atoms with van der Waals surface area (Å²) in [5, 5.41) is 0. The van der Waals surface area contributed by atoms with Gasteiger partial charge in [0.2, 0.25) is 0 Å². The molecule has 0 saturated carbocycles. The first-order chi connectivity index (χ1) is 4.35. The van der Waals surface area contributed by atoms with Gasteiger partial charge >= 0.3 is 0 Å². The van der Waals surface area contributed by atoms with E-state index in [1.54, 1.807) is 7.11 Å². The fraction of sp³-hybridized carbons (Fsp3) is 0.714. The second-order valence-corrected chi connectivity index (χ2v) is 5.61. The summed E-state index contributed by atoms with van der Waals surface area (Å²) in [5.41, 5.74) is 0. The fourth-order valence-electron chi connectivity index (χ4n) is 0.824. The minimum absolute atomic E-state index is 0.553. The molecule has 0 heterocycles.